The van der Waals surface area contributed by atoms with Crippen molar-refractivity contribution in [1.29, 1.82) is 0 Å². The zero-order valence-electron chi connectivity index (χ0n) is 12.4. The summed E-state index contributed by atoms with van der Waals surface area (Å²) in [6, 6.07) is 5.74. The van der Waals surface area contributed by atoms with Gasteiger partial charge in [0.05, 0.1) is 16.5 Å². The van der Waals surface area contributed by atoms with Crippen molar-refractivity contribution in [2.75, 3.05) is 5.32 Å². The first-order chi connectivity index (χ1) is 10.5. The summed E-state index contributed by atoms with van der Waals surface area (Å²) in [6.07, 6.45) is 5.26. The highest BCUT2D eigenvalue weighted by atomic mass is 32.2. The summed E-state index contributed by atoms with van der Waals surface area (Å²) < 4.78 is 0. The molecule has 2 N–H and O–H groups in total. The zero-order valence-corrected chi connectivity index (χ0v) is 13.2. The summed E-state index contributed by atoms with van der Waals surface area (Å²) in [7, 11) is 0. The molecule has 3 rings (SSSR count). The minimum absolute atomic E-state index is 0.0153. The lowest BCUT2D eigenvalue weighted by atomic mass is 9.98. The van der Waals surface area contributed by atoms with Gasteiger partial charge >= 0.3 is 0 Å². The average molecular weight is 315 g/mol. The molecule has 1 fully saturated rings. The summed E-state index contributed by atoms with van der Waals surface area (Å²) in [6.45, 7) is 4.61. The Labute approximate surface area is 133 Å². The molecule has 2 aromatic rings. The van der Waals surface area contributed by atoms with E-state index < -0.39 is 0 Å². The number of amides is 1. The molecule has 0 bridgehead atoms. The molecule has 1 atom stereocenters. The number of anilines is 1. The molecule has 0 aliphatic carbocycles. The van der Waals surface area contributed by atoms with Crippen LogP contribution in [0.3, 0.4) is 0 Å². The van der Waals surface area contributed by atoms with Crippen molar-refractivity contribution in [3.8, 4) is 0 Å². The first-order valence-corrected chi connectivity index (χ1v) is 7.87. The number of thioether (sulfide) groups is 1. The molecule has 7 heteroatoms. The van der Waals surface area contributed by atoms with Crippen LogP contribution in [0.5, 0.6) is 0 Å². The van der Waals surface area contributed by atoms with Gasteiger partial charge in [-0.25, -0.2) is 9.97 Å². The zero-order chi connectivity index (χ0) is 15.6. The van der Waals surface area contributed by atoms with E-state index in [1.807, 2.05) is 32.0 Å². The van der Waals surface area contributed by atoms with E-state index in [9.17, 15) is 4.79 Å². The molecule has 6 nitrogen and oxygen atoms in total. The van der Waals surface area contributed by atoms with Crippen molar-refractivity contribution >= 4 is 22.9 Å². The molecule has 2 aromatic heterocycles. The average Bonchev–Trinajstić information content (AvgIpc) is 2.79. The number of nitrogens with zero attached hydrogens (tertiary/aromatic N) is 3. The number of carbonyl (C=O) groups excluding carboxylic acids is 1. The van der Waals surface area contributed by atoms with Gasteiger partial charge in [-0.15, -0.1) is 0 Å². The van der Waals surface area contributed by atoms with Crippen LogP contribution in [0.2, 0.25) is 0 Å². The van der Waals surface area contributed by atoms with Crippen LogP contribution in [-0.4, -0.2) is 25.7 Å². The van der Waals surface area contributed by atoms with Gasteiger partial charge in [0.2, 0.25) is 5.95 Å². The van der Waals surface area contributed by atoms with Gasteiger partial charge in [0.25, 0.3) is 5.24 Å². The molecule has 1 amide bonds. The van der Waals surface area contributed by atoms with Gasteiger partial charge in [-0.3, -0.25) is 9.78 Å². The summed E-state index contributed by atoms with van der Waals surface area (Å²) in [5, 5.41) is 6.10. The Kier molecular flexibility index (Phi) is 3.98. The maximum absolute atomic E-state index is 11.6. The van der Waals surface area contributed by atoms with Crippen LogP contribution in [0.1, 0.15) is 30.4 Å². The van der Waals surface area contributed by atoms with Crippen LogP contribution in [0.4, 0.5) is 10.7 Å². The molecule has 0 spiro atoms. The van der Waals surface area contributed by atoms with Crippen molar-refractivity contribution in [2.24, 2.45) is 0 Å². The fourth-order valence-corrected chi connectivity index (χ4v) is 3.47. The third-order valence-corrected chi connectivity index (χ3v) is 4.81. The standard InChI is InChI=1S/C15H17N5OS/c1-15(2)12(22-14(21)20-15)11-5-7-17-13(19-11)18-9-10-4-3-6-16-8-10/h3-8,12H,9H2,1-2H3,(H,20,21)(H,17,18,19). The molecule has 1 aliphatic heterocycles. The predicted molar refractivity (Wildman–Crippen MR) is 86.5 cm³/mol. The number of hydrogen-bond donors (Lipinski definition) is 2. The van der Waals surface area contributed by atoms with Crippen LogP contribution in [-0.2, 0) is 6.54 Å². The molecule has 1 unspecified atom stereocenters. The number of aromatic nitrogens is 3. The largest absolute Gasteiger partial charge is 0.350 e. The van der Waals surface area contributed by atoms with E-state index in [1.165, 1.54) is 11.8 Å². The Balaban J connectivity index is 1.74. The van der Waals surface area contributed by atoms with Gasteiger partial charge in [-0.2, -0.15) is 0 Å². The highest BCUT2D eigenvalue weighted by molar-refractivity contribution is 8.14. The Bertz CT molecular complexity index is 677. The van der Waals surface area contributed by atoms with E-state index >= 15 is 0 Å². The number of nitrogens with one attached hydrogen (secondary N) is 2. The lowest BCUT2D eigenvalue weighted by molar-refractivity contribution is 0.254. The summed E-state index contributed by atoms with van der Waals surface area (Å²) in [5.74, 6) is 0.553. The maximum Gasteiger partial charge on any atom is 0.280 e. The van der Waals surface area contributed by atoms with Crippen molar-refractivity contribution in [3.05, 3.63) is 48.0 Å². The minimum atomic E-state index is -0.323. The second-order valence-electron chi connectivity index (χ2n) is 5.65. The second kappa shape index (κ2) is 5.92. The van der Waals surface area contributed by atoms with Crippen LogP contribution >= 0.6 is 11.8 Å². The van der Waals surface area contributed by atoms with Crippen molar-refractivity contribution in [2.45, 2.75) is 31.2 Å². The number of hydrogen-bond acceptors (Lipinski definition) is 6. The number of pyridine rings is 1. The molecule has 0 saturated carbocycles. The lowest BCUT2D eigenvalue weighted by Gasteiger charge is -2.24. The molecular weight excluding hydrogens is 298 g/mol. The Morgan fingerprint density at radius 3 is 2.91 bits per heavy atom. The third-order valence-electron chi connectivity index (χ3n) is 3.42. The van der Waals surface area contributed by atoms with E-state index in [2.05, 4.69) is 25.6 Å². The van der Waals surface area contributed by atoms with Gasteiger partial charge in [0.15, 0.2) is 0 Å². The SMILES string of the molecule is CC1(C)NC(=O)SC1c1ccnc(NCc2cccnc2)n1. The molecule has 22 heavy (non-hydrogen) atoms. The first kappa shape index (κ1) is 14.8. The van der Waals surface area contributed by atoms with Crippen molar-refractivity contribution in [1.82, 2.24) is 20.3 Å². The number of carbonyl (C=O) groups is 1. The molecule has 0 aromatic carbocycles. The van der Waals surface area contributed by atoms with Crippen molar-refractivity contribution < 1.29 is 4.79 Å². The molecule has 3 heterocycles. The first-order valence-electron chi connectivity index (χ1n) is 6.99. The van der Waals surface area contributed by atoms with E-state index in [1.54, 1.807) is 18.6 Å². The lowest BCUT2D eigenvalue weighted by Crippen LogP contribution is -2.38. The topological polar surface area (TPSA) is 79.8 Å². The molecule has 114 valence electrons. The molecular formula is C15H17N5OS. The van der Waals surface area contributed by atoms with Gasteiger partial charge in [0.1, 0.15) is 0 Å². The highest BCUT2D eigenvalue weighted by Gasteiger charge is 2.41. The van der Waals surface area contributed by atoms with Gasteiger partial charge in [-0.05, 0) is 31.5 Å². The van der Waals surface area contributed by atoms with Crippen molar-refractivity contribution in [3.63, 3.8) is 0 Å². The van der Waals surface area contributed by atoms with E-state index in [-0.39, 0.29) is 16.0 Å². The van der Waals surface area contributed by atoms with Crippen LogP contribution in [0.15, 0.2) is 36.8 Å². The smallest absolute Gasteiger partial charge is 0.280 e. The Morgan fingerprint density at radius 1 is 1.36 bits per heavy atom. The maximum atomic E-state index is 11.6. The fourth-order valence-electron chi connectivity index (χ4n) is 2.33. The van der Waals surface area contributed by atoms with E-state index in [0.29, 0.717) is 12.5 Å². The van der Waals surface area contributed by atoms with Gasteiger partial charge in [-0.1, -0.05) is 17.8 Å². The molecule has 1 aliphatic rings. The second-order valence-corrected chi connectivity index (χ2v) is 6.73. The van der Waals surface area contributed by atoms with Crippen LogP contribution in [0.25, 0.3) is 0 Å². The minimum Gasteiger partial charge on any atom is -0.350 e. The molecule has 0 radical (unpaired) electrons. The quantitative estimate of drug-likeness (QED) is 0.903. The third kappa shape index (κ3) is 3.19. The molecule has 1 saturated heterocycles. The summed E-state index contributed by atoms with van der Waals surface area (Å²) in [5.41, 5.74) is 1.58. The Hall–Kier alpha value is -2.15. The van der Waals surface area contributed by atoms with Crippen LogP contribution in [0, 0.1) is 0 Å². The fraction of sp³-hybridized carbons (Fsp3) is 0.333. The van der Waals surface area contributed by atoms with Gasteiger partial charge in [0, 0.05) is 25.1 Å². The monoisotopic (exact) mass is 315 g/mol. The van der Waals surface area contributed by atoms with Crippen LogP contribution < -0.4 is 10.6 Å². The predicted octanol–water partition coefficient (Wildman–Crippen LogP) is 2.76. The highest BCUT2D eigenvalue weighted by Crippen LogP contribution is 2.43. The summed E-state index contributed by atoms with van der Waals surface area (Å²) in [4.78, 5) is 24.5. The summed E-state index contributed by atoms with van der Waals surface area (Å²) >= 11 is 1.27. The van der Waals surface area contributed by atoms with Gasteiger partial charge < -0.3 is 10.6 Å². The Morgan fingerprint density at radius 2 is 2.23 bits per heavy atom. The van der Waals surface area contributed by atoms with E-state index in [4.69, 9.17) is 0 Å². The normalized spacial score (nSPS) is 19.7. The number of rotatable bonds is 4. The van der Waals surface area contributed by atoms with E-state index in [0.717, 1.165) is 11.3 Å².